The number of pyridine rings is 1. The van der Waals surface area contributed by atoms with Crippen LogP contribution < -0.4 is 5.32 Å². The van der Waals surface area contributed by atoms with Gasteiger partial charge in [0, 0.05) is 6.20 Å². The highest BCUT2D eigenvalue weighted by Crippen LogP contribution is 2.26. The largest absolute Gasteiger partial charge is 0.345 e. The molecular formula is C24H28N4O. The van der Waals surface area contributed by atoms with Gasteiger partial charge in [0.2, 0.25) is 0 Å². The van der Waals surface area contributed by atoms with Gasteiger partial charge in [-0.15, -0.1) is 0 Å². The average molecular weight is 389 g/mol. The number of carbonyl (C=O) groups excluding carboxylic acids is 1. The molecule has 150 valence electrons. The number of aryl methyl sites for hydroxylation is 2. The Hall–Kier alpha value is -2.95. The lowest BCUT2D eigenvalue weighted by Crippen LogP contribution is -2.28. The van der Waals surface area contributed by atoms with Gasteiger partial charge in [-0.1, -0.05) is 38.1 Å². The molecule has 1 amide bonds. The average Bonchev–Trinajstić information content (AvgIpc) is 3.19. The van der Waals surface area contributed by atoms with Crippen molar-refractivity contribution in [3.63, 3.8) is 0 Å². The smallest absolute Gasteiger partial charge is 0.255 e. The normalized spacial score (nSPS) is 14.5. The number of hydrogen-bond acceptors (Lipinski definition) is 3. The first-order valence-electron chi connectivity index (χ1n) is 10.5. The first kappa shape index (κ1) is 19.4. The van der Waals surface area contributed by atoms with Crippen molar-refractivity contribution in [2.45, 2.75) is 58.4 Å². The van der Waals surface area contributed by atoms with E-state index in [-0.39, 0.29) is 17.9 Å². The van der Waals surface area contributed by atoms with E-state index in [4.69, 9.17) is 0 Å². The van der Waals surface area contributed by atoms with Gasteiger partial charge in [-0.2, -0.15) is 5.10 Å². The fourth-order valence-electron chi connectivity index (χ4n) is 4.13. The maximum Gasteiger partial charge on any atom is 0.255 e. The van der Waals surface area contributed by atoms with Crippen molar-refractivity contribution in [3.8, 4) is 5.82 Å². The van der Waals surface area contributed by atoms with Crippen LogP contribution in [0.1, 0.15) is 78.3 Å². The van der Waals surface area contributed by atoms with E-state index in [9.17, 15) is 4.79 Å². The number of carbonyl (C=O) groups is 1. The minimum atomic E-state index is -0.0962. The maximum absolute atomic E-state index is 13.1. The molecule has 1 N–H and O–H groups in total. The topological polar surface area (TPSA) is 59.8 Å². The number of benzene rings is 1. The Bertz CT molecular complexity index is 1010. The van der Waals surface area contributed by atoms with E-state index < -0.39 is 0 Å². The molecule has 29 heavy (non-hydrogen) atoms. The molecule has 0 aliphatic heterocycles. The summed E-state index contributed by atoms with van der Waals surface area (Å²) in [4.78, 5) is 17.5. The molecule has 5 heteroatoms. The van der Waals surface area contributed by atoms with Crippen LogP contribution >= 0.6 is 0 Å². The quantitative estimate of drug-likeness (QED) is 0.685. The lowest BCUT2D eigenvalue weighted by atomic mass is 9.89. The molecule has 5 nitrogen and oxygen atoms in total. The van der Waals surface area contributed by atoms with E-state index in [1.165, 1.54) is 30.4 Å². The minimum Gasteiger partial charge on any atom is -0.345 e. The second-order valence-electron chi connectivity index (χ2n) is 8.13. The van der Waals surface area contributed by atoms with Crippen LogP contribution in [0.25, 0.3) is 5.82 Å². The number of nitrogens with one attached hydrogen (secondary N) is 1. The highest BCUT2D eigenvalue weighted by atomic mass is 16.1. The van der Waals surface area contributed by atoms with Crippen LogP contribution in [0.5, 0.6) is 0 Å². The molecule has 3 aromatic rings. The third-order valence-corrected chi connectivity index (χ3v) is 5.68. The highest BCUT2D eigenvalue weighted by molar-refractivity contribution is 5.95. The van der Waals surface area contributed by atoms with Gasteiger partial charge in [0.05, 0.1) is 23.5 Å². The molecule has 4 rings (SSSR count). The van der Waals surface area contributed by atoms with E-state index in [2.05, 4.69) is 47.4 Å². The van der Waals surface area contributed by atoms with E-state index in [1.54, 1.807) is 17.1 Å². The maximum atomic E-state index is 13.1. The fraction of sp³-hybridized carbons (Fsp3) is 0.375. The van der Waals surface area contributed by atoms with E-state index in [0.717, 1.165) is 23.5 Å². The second-order valence-corrected chi connectivity index (χ2v) is 8.13. The van der Waals surface area contributed by atoms with Crippen LogP contribution in [-0.2, 0) is 12.8 Å². The second kappa shape index (κ2) is 8.19. The van der Waals surface area contributed by atoms with Gasteiger partial charge in [0.25, 0.3) is 5.91 Å². The van der Waals surface area contributed by atoms with Gasteiger partial charge in [-0.25, -0.2) is 9.67 Å². The molecule has 2 heterocycles. The van der Waals surface area contributed by atoms with E-state index in [1.807, 2.05) is 25.1 Å². The molecule has 0 saturated heterocycles. The van der Waals surface area contributed by atoms with Gasteiger partial charge < -0.3 is 5.32 Å². The van der Waals surface area contributed by atoms with Gasteiger partial charge in [0.1, 0.15) is 0 Å². The summed E-state index contributed by atoms with van der Waals surface area (Å²) in [5.41, 5.74) is 5.52. The van der Waals surface area contributed by atoms with Crippen molar-refractivity contribution < 1.29 is 4.79 Å². The fourth-order valence-corrected chi connectivity index (χ4v) is 4.13. The van der Waals surface area contributed by atoms with Crippen LogP contribution in [0.3, 0.4) is 0 Å². The van der Waals surface area contributed by atoms with Crippen molar-refractivity contribution in [1.29, 1.82) is 0 Å². The number of aromatic nitrogens is 3. The van der Waals surface area contributed by atoms with Crippen LogP contribution in [0.4, 0.5) is 0 Å². The van der Waals surface area contributed by atoms with Crippen molar-refractivity contribution in [2.75, 3.05) is 0 Å². The van der Waals surface area contributed by atoms with Crippen molar-refractivity contribution in [3.05, 3.63) is 76.7 Å². The summed E-state index contributed by atoms with van der Waals surface area (Å²) in [6.07, 6.45) is 8.22. The lowest BCUT2D eigenvalue weighted by Gasteiger charge is -2.20. The molecule has 0 radical (unpaired) electrons. The molecular weight excluding hydrogens is 360 g/mol. The van der Waals surface area contributed by atoms with Gasteiger partial charge >= 0.3 is 0 Å². The Morgan fingerprint density at radius 2 is 1.86 bits per heavy atom. The molecule has 0 spiro atoms. The first-order chi connectivity index (χ1) is 14.0. The zero-order chi connectivity index (χ0) is 20.4. The Kier molecular flexibility index (Phi) is 5.47. The molecule has 0 fully saturated rings. The van der Waals surface area contributed by atoms with Crippen LogP contribution in [0.2, 0.25) is 0 Å². The summed E-state index contributed by atoms with van der Waals surface area (Å²) in [6.45, 7) is 6.18. The third-order valence-electron chi connectivity index (χ3n) is 5.68. The summed E-state index contributed by atoms with van der Waals surface area (Å²) in [5, 5.41) is 7.63. The molecule has 2 aromatic heterocycles. The molecule has 1 unspecified atom stereocenters. The molecule has 1 aliphatic rings. The lowest BCUT2D eigenvalue weighted by molar-refractivity contribution is 0.0938. The SMILES string of the molecule is CC(C)c1c(C(=O)NC(C)c2ccc3c(c2)CCCC3)cnn1-c1ccccn1. The van der Waals surface area contributed by atoms with Crippen molar-refractivity contribution >= 4 is 5.91 Å². The standard InChI is InChI=1S/C24H28N4O/c1-16(2)23-21(15-26-28(23)22-10-6-7-13-25-22)24(29)27-17(3)19-12-11-18-8-4-5-9-20(18)14-19/h6-7,10-17H,4-5,8-9H2,1-3H3,(H,27,29). The van der Waals surface area contributed by atoms with Crippen LogP contribution in [0.15, 0.2) is 48.8 Å². The monoisotopic (exact) mass is 388 g/mol. The van der Waals surface area contributed by atoms with Crippen molar-refractivity contribution in [1.82, 2.24) is 20.1 Å². The summed E-state index contributed by atoms with van der Waals surface area (Å²) in [6, 6.07) is 12.3. The number of hydrogen-bond donors (Lipinski definition) is 1. The number of nitrogens with zero attached hydrogens (tertiary/aromatic N) is 3. The first-order valence-corrected chi connectivity index (χ1v) is 10.5. The number of amides is 1. The van der Waals surface area contributed by atoms with Gasteiger partial charge in [-0.3, -0.25) is 4.79 Å². The predicted octanol–water partition coefficient (Wildman–Crippen LogP) is 4.76. The Labute approximate surface area is 172 Å². The van der Waals surface area contributed by atoms with E-state index >= 15 is 0 Å². The number of fused-ring (bicyclic) bond motifs is 1. The Balaban J connectivity index is 1.58. The minimum absolute atomic E-state index is 0.0621. The van der Waals surface area contributed by atoms with Crippen LogP contribution in [-0.4, -0.2) is 20.7 Å². The zero-order valence-corrected chi connectivity index (χ0v) is 17.4. The Morgan fingerprint density at radius 1 is 1.07 bits per heavy atom. The highest BCUT2D eigenvalue weighted by Gasteiger charge is 2.23. The summed E-state index contributed by atoms with van der Waals surface area (Å²) >= 11 is 0. The number of rotatable bonds is 5. The third kappa shape index (κ3) is 3.95. The Morgan fingerprint density at radius 3 is 2.59 bits per heavy atom. The van der Waals surface area contributed by atoms with E-state index in [0.29, 0.717) is 5.56 Å². The summed E-state index contributed by atoms with van der Waals surface area (Å²) < 4.78 is 1.77. The molecule has 1 atom stereocenters. The van der Waals surface area contributed by atoms with Crippen molar-refractivity contribution in [2.24, 2.45) is 0 Å². The summed E-state index contributed by atoms with van der Waals surface area (Å²) in [7, 11) is 0. The molecule has 1 aliphatic carbocycles. The molecule has 0 bridgehead atoms. The molecule has 1 aromatic carbocycles. The van der Waals surface area contributed by atoms with Gasteiger partial charge in [0.15, 0.2) is 5.82 Å². The van der Waals surface area contributed by atoms with Crippen LogP contribution in [0, 0.1) is 0 Å². The predicted molar refractivity (Wildman–Crippen MR) is 114 cm³/mol. The van der Waals surface area contributed by atoms with Gasteiger partial charge in [-0.05, 0) is 67.3 Å². The molecule has 0 saturated carbocycles. The zero-order valence-electron chi connectivity index (χ0n) is 17.4. The summed E-state index contributed by atoms with van der Waals surface area (Å²) in [5.74, 6) is 0.762.